The highest BCUT2D eigenvalue weighted by atomic mass is 31.2. The Balaban J connectivity index is 2.22. The number of phosphoric acid groups is 1. The molecular weight excluding hydrogens is 905 g/mol. The SMILES string of the molecule is CCCCCCCCCCCCCCC(=O)O[C@H](OC(=O)CCCCCCCCCCCCC)OP(=O)(O)O[C@@H]1[C@H](O[C@@H]2O[C@H](CO)[C@@H](O)[C@H](O)[C@@H]2O)[C@H](O)[C@@H](O)[C@H](O)[C@H]1OC[C@@H](N)C(=O)O. The smallest absolute Gasteiger partial charge is 0.478 e. The largest absolute Gasteiger partial charge is 0.480 e. The molecule has 0 aromatic rings. The first-order valence-electron chi connectivity index (χ1n) is 24.7. The predicted molar refractivity (Wildman–Crippen MR) is 241 cm³/mol. The number of rotatable bonds is 38. The molecule has 21 nitrogen and oxygen atoms in total. The van der Waals surface area contributed by atoms with Crippen molar-refractivity contribution < 1.29 is 97.4 Å². The Hall–Kier alpha value is -1.92. The van der Waals surface area contributed by atoms with Gasteiger partial charge in [0.1, 0.15) is 67.1 Å². The van der Waals surface area contributed by atoms with E-state index in [1.165, 1.54) is 70.6 Å². The van der Waals surface area contributed by atoms with Crippen LogP contribution in [0.4, 0.5) is 0 Å². The summed E-state index contributed by atoms with van der Waals surface area (Å²) in [6, 6.07) is -1.76. The van der Waals surface area contributed by atoms with E-state index in [0.29, 0.717) is 25.7 Å². The zero-order chi connectivity index (χ0) is 49.8. The first-order chi connectivity index (χ1) is 32.0. The lowest BCUT2D eigenvalue weighted by molar-refractivity contribution is -0.340. The molecule has 1 saturated carbocycles. The van der Waals surface area contributed by atoms with Crippen LogP contribution in [0, 0.1) is 0 Å². The van der Waals surface area contributed by atoms with E-state index in [2.05, 4.69) is 13.8 Å². The highest BCUT2D eigenvalue weighted by Gasteiger charge is 2.56. The molecule has 14 atom stereocenters. The van der Waals surface area contributed by atoms with E-state index in [9.17, 15) is 64.7 Å². The quantitative estimate of drug-likeness (QED) is 0.0182. The summed E-state index contributed by atoms with van der Waals surface area (Å²) < 4.78 is 51.2. The molecule has 0 amide bonds. The standard InChI is InChI=1S/C45H84NO20P/c1-3-5-7-9-11-13-15-17-19-21-23-25-27-33(49)63-45(62-32(48)26-24-22-20-18-16-14-12-10-8-6-4-2)66-67(58,59)65-42-40(60-29-30(46)43(56)57)37(53)36(52)38(54)41(42)64-44-39(55)35(51)34(50)31(28-47)61-44/h30-31,34-42,44-45,47,50-55H,3-29,46H2,1-2H3,(H,56,57)(H,58,59)/t30-,31-,34-,35+,36+,37+,38-,39+,40-,41-,42+,44+,45+/m1/s1. The monoisotopic (exact) mass is 990 g/mol. The number of aliphatic hydroxyl groups is 7. The van der Waals surface area contributed by atoms with Crippen molar-refractivity contribution in [1.29, 1.82) is 0 Å². The summed E-state index contributed by atoms with van der Waals surface area (Å²) in [5.41, 5.74) is 5.57. The molecule has 0 aromatic heterocycles. The average Bonchev–Trinajstić information content (AvgIpc) is 3.28. The number of aliphatic carboxylic acids is 1. The number of hydrogen-bond donors (Lipinski definition) is 10. The van der Waals surface area contributed by atoms with E-state index >= 15 is 0 Å². The number of phosphoric ester groups is 1. The van der Waals surface area contributed by atoms with Gasteiger partial charge in [-0.1, -0.05) is 149 Å². The fourth-order valence-electron chi connectivity index (χ4n) is 7.99. The van der Waals surface area contributed by atoms with Crippen molar-refractivity contribution in [2.24, 2.45) is 5.73 Å². The van der Waals surface area contributed by atoms with Crippen molar-refractivity contribution >= 4 is 25.7 Å². The van der Waals surface area contributed by atoms with Gasteiger partial charge in [-0.15, -0.1) is 0 Å². The van der Waals surface area contributed by atoms with E-state index in [1.807, 2.05) is 0 Å². The molecule has 1 saturated heterocycles. The van der Waals surface area contributed by atoms with E-state index in [4.69, 9.17) is 38.5 Å². The van der Waals surface area contributed by atoms with E-state index < -0.39 is 119 Å². The number of aliphatic hydroxyl groups excluding tert-OH is 7. The van der Waals surface area contributed by atoms with Crippen LogP contribution in [0.2, 0.25) is 0 Å². The summed E-state index contributed by atoms with van der Waals surface area (Å²) in [6.45, 7) is 0.0651. The molecule has 0 aromatic carbocycles. The predicted octanol–water partition coefficient (Wildman–Crippen LogP) is 3.73. The lowest BCUT2D eigenvalue weighted by Crippen LogP contribution is -2.68. The first kappa shape index (κ1) is 61.2. The molecule has 1 heterocycles. The molecule has 0 spiro atoms. The number of unbranched alkanes of at least 4 members (excludes halogenated alkanes) is 21. The molecule has 2 fully saturated rings. The van der Waals surface area contributed by atoms with Gasteiger partial charge < -0.3 is 75.2 Å². The maximum atomic E-state index is 13.9. The van der Waals surface area contributed by atoms with Crippen molar-refractivity contribution in [3.05, 3.63) is 0 Å². The van der Waals surface area contributed by atoms with Crippen molar-refractivity contribution in [3.8, 4) is 0 Å². The van der Waals surface area contributed by atoms with Crippen molar-refractivity contribution in [3.63, 3.8) is 0 Å². The number of carboxylic acids is 1. The normalized spacial score (nSPS) is 28.4. The Morgan fingerprint density at radius 2 is 0.985 bits per heavy atom. The van der Waals surface area contributed by atoms with E-state index in [1.54, 1.807) is 0 Å². The minimum atomic E-state index is -5.77. The van der Waals surface area contributed by atoms with Crippen LogP contribution in [0.5, 0.6) is 0 Å². The molecule has 1 unspecified atom stereocenters. The molecular formula is C45H84NO20P. The van der Waals surface area contributed by atoms with Gasteiger partial charge in [0.2, 0.25) is 0 Å². The molecule has 22 heteroatoms. The Morgan fingerprint density at radius 3 is 1.40 bits per heavy atom. The van der Waals surface area contributed by atoms with Crippen molar-refractivity contribution in [2.45, 2.75) is 254 Å². The Labute approximate surface area is 395 Å². The van der Waals surface area contributed by atoms with Crippen LogP contribution in [-0.4, -0.2) is 157 Å². The van der Waals surface area contributed by atoms with Gasteiger partial charge in [-0.2, -0.15) is 0 Å². The minimum absolute atomic E-state index is 0.169. The average molecular weight is 990 g/mol. The molecule has 2 rings (SSSR count). The Kier molecular flexibility index (Phi) is 31.4. The van der Waals surface area contributed by atoms with E-state index in [0.717, 1.165) is 51.4 Å². The first-order valence-corrected chi connectivity index (χ1v) is 26.2. The van der Waals surface area contributed by atoms with Crippen molar-refractivity contribution in [1.82, 2.24) is 0 Å². The number of carbonyl (C=O) groups excluding carboxylic acids is 2. The van der Waals surface area contributed by atoms with Gasteiger partial charge in [0.25, 0.3) is 0 Å². The summed E-state index contributed by atoms with van der Waals surface area (Å²) in [4.78, 5) is 48.7. The van der Waals surface area contributed by atoms with Gasteiger partial charge in [0.15, 0.2) is 6.29 Å². The zero-order valence-electron chi connectivity index (χ0n) is 39.6. The van der Waals surface area contributed by atoms with Gasteiger partial charge in [0.05, 0.1) is 13.2 Å². The fraction of sp³-hybridized carbons (Fsp3) is 0.933. The maximum absolute atomic E-state index is 13.9. The molecule has 394 valence electrons. The second kappa shape index (κ2) is 34.4. The molecule has 0 radical (unpaired) electrons. The summed E-state index contributed by atoms with van der Waals surface area (Å²) >= 11 is 0. The molecule has 1 aliphatic heterocycles. The molecule has 2 aliphatic rings. The molecule has 11 N–H and O–H groups in total. The van der Waals surface area contributed by atoms with Crippen LogP contribution >= 0.6 is 7.82 Å². The third kappa shape index (κ3) is 23.7. The van der Waals surface area contributed by atoms with Crippen LogP contribution < -0.4 is 5.73 Å². The number of carbonyl (C=O) groups is 3. The summed E-state index contributed by atoms with van der Waals surface area (Å²) in [5, 5.41) is 83.2. The molecule has 0 bridgehead atoms. The third-order valence-corrected chi connectivity index (χ3v) is 13.0. The lowest BCUT2D eigenvalue weighted by Gasteiger charge is -2.48. The second-order valence-corrected chi connectivity index (χ2v) is 19.2. The third-order valence-electron chi connectivity index (χ3n) is 12.1. The van der Waals surface area contributed by atoms with Gasteiger partial charge in [-0.25, -0.2) is 9.09 Å². The Morgan fingerprint density at radius 1 is 0.582 bits per heavy atom. The van der Waals surface area contributed by atoms with Crippen molar-refractivity contribution in [2.75, 3.05) is 13.2 Å². The second-order valence-electron chi connectivity index (χ2n) is 17.8. The zero-order valence-corrected chi connectivity index (χ0v) is 40.5. The van der Waals surface area contributed by atoms with Gasteiger partial charge in [0, 0.05) is 12.8 Å². The van der Waals surface area contributed by atoms with Crippen LogP contribution in [0.1, 0.15) is 174 Å². The highest BCUT2D eigenvalue weighted by molar-refractivity contribution is 7.47. The highest BCUT2D eigenvalue weighted by Crippen LogP contribution is 2.49. The lowest BCUT2D eigenvalue weighted by atomic mass is 9.84. The minimum Gasteiger partial charge on any atom is -0.480 e. The number of esters is 2. The van der Waals surface area contributed by atoms with Gasteiger partial charge >= 0.3 is 32.2 Å². The number of ether oxygens (including phenoxy) is 5. The number of nitrogens with two attached hydrogens (primary N) is 1. The summed E-state index contributed by atoms with van der Waals surface area (Å²) in [6.07, 6.45) is 0.346. The fourth-order valence-corrected chi connectivity index (χ4v) is 8.89. The molecule has 1 aliphatic carbocycles. The van der Waals surface area contributed by atoms with Crippen LogP contribution in [-0.2, 0) is 51.7 Å². The van der Waals surface area contributed by atoms with Gasteiger partial charge in [-0.3, -0.25) is 18.9 Å². The number of hydrogen-bond acceptors (Lipinski definition) is 19. The Bertz CT molecular complexity index is 1400. The number of carboxylic acid groups (broad SMARTS) is 1. The summed E-state index contributed by atoms with van der Waals surface area (Å²) in [5.74, 6) is -3.46. The van der Waals surface area contributed by atoms with Gasteiger partial charge in [-0.05, 0) is 12.8 Å². The molecule has 67 heavy (non-hydrogen) atoms. The topological polar surface area (TPSA) is 341 Å². The van der Waals surface area contributed by atoms with Crippen LogP contribution in [0.15, 0.2) is 0 Å². The summed E-state index contributed by atoms with van der Waals surface area (Å²) in [7, 11) is -5.77. The van der Waals surface area contributed by atoms with Crippen LogP contribution in [0.25, 0.3) is 0 Å². The van der Waals surface area contributed by atoms with E-state index in [-0.39, 0.29) is 12.8 Å². The van der Waals surface area contributed by atoms with Crippen LogP contribution in [0.3, 0.4) is 0 Å². The maximum Gasteiger partial charge on any atom is 0.478 e.